The predicted molar refractivity (Wildman–Crippen MR) is 31.4 cm³/mol. The molecule has 0 fully saturated rings. The average Bonchev–Trinajstić information content (AvgIpc) is 1.68. The summed E-state index contributed by atoms with van der Waals surface area (Å²) in [5, 5.41) is 0. The summed E-state index contributed by atoms with van der Waals surface area (Å²) < 4.78 is 0. The third-order valence-corrected chi connectivity index (χ3v) is 0.932. The van der Waals surface area contributed by atoms with Crippen LogP contribution in [0.3, 0.4) is 0 Å². The Labute approximate surface area is 51.2 Å². The van der Waals surface area contributed by atoms with Crippen LogP contribution in [0, 0.1) is 0 Å². The normalized spacial score (nSPS) is 7.00. The van der Waals surface area contributed by atoms with Crippen LogP contribution in [0.5, 0.6) is 0 Å². The van der Waals surface area contributed by atoms with Gasteiger partial charge in [0.2, 0.25) is 6.08 Å². The topological polar surface area (TPSA) is 29.4 Å². The lowest BCUT2D eigenvalue weighted by Crippen LogP contribution is -1.86. The number of rotatable bonds is 1. The van der Waals surface area contributed by atoms with Crippen LogP contribution < -0.4 is 0 Å². The van der Waals surface area contributed by atoms with Gasteiger partial charge >= 0.3 is 0 Å². The van der Waals surface area contributed by atoms with Crippen LogP contribution in [-0.2, 0) is 4.79 Å². The van der Waals surface area contributed by atoms with E-state index in [1.165, 1.54) is 6.08 Å². The molecular formula is C3H2ClNOS. The Hall–Kier alpha value is -0.240. The lowest BCUT2D eigenvalue weighted by molar-refractivity contribution is 0.566. The van der Waals surface area contributed by atoms with Crippen molar-refractivity contribution >= 4 is 34.9 Å². The van der Waals surface area contributed by atoms with Gasteiger partial charge in [-0.15, -0.1) is 11.6 Å². The fraction of sp³-hybridized carbons (Fsp3) is 0.333. The Kier molecular flexibility index (Phi) is 3.80. The van der Waals surface area contributed by atoms with Gasteiger partial charge in [-0.2, -0.15) is 4.99 Å². The van der Waals surface area contributed by atoms with Gasteiger partial charge in [-0.3, -0.25) is 0 Å². The maximum atomic E-state index is 9.34. The zero-order valence-electron chi connectivity index (χ0n) is 3.35. The minimum absolute atomic E-state index is 0.116. The van der Waals surface area contributed by atoms with Gasteiger partial charge in [-0.05, 0) is 0 Å². The van der Waals surface area contributed by atoms with E-state index in [-0.39, 0.29) is 10.9 Å². The first-order chi connectivity index (χ1) is 3.31. The highest BCUT2D eigenvalue weighted by atomic mass is 35.5. The third-order valence-electron chi connectivity index (χ3n) is 0.285. The van der Waals surface area contributed by atoms with Gasteiger partial charge in [0.25, 0.3) is 0 Å². The highest BCUT2D eigenvalue weighted by Gasteiger charge is 1.83. The second-order valence-electron chi connectivity index (χ2n) is 0.730. The number of alkyl halides is 1. The number of aliphatic imine (C=N–C) groups is 1. The van der Waals surface area contributed by atoms with E-state index in [1.54, 1.807) is 0 Å². The smallest absolute Gasteiger partial charge is 0.211 e. The van der Waals surface area contributed by atoms with Crippen LogP contribution in [0.25, 0.3) is 0 Å². The lowest BCUT2D eigenvalue weighted by atomic mass is 10.8. The molecule has 0 saturated carbocycles. The zero-order valence-corrected chi connectivity index (χ0v) is 4.92. The van der Waals surface area contributed by atoms with Gasteiger partial charge in [-0.25, -0.2) is 4.79 Å². The number of isocyanates is 1. The highest BCUT2D eigenvalue weighted by Crippen LogP contribution is 1.81. The molecule has 0 aromatic rings. The van der Waals surface area contributed by atoms with Crippen molar-refractivity contribution in [2.45, 2.75) is 0 Å². The molecule has 0 aliphatic heterocycles. The second kappa shape index (κ2) is 3.93. The molecule has 0 atom stereocenters. The Morgan fingerprint density at radius 3 is 2.71 bits per heavy atom. The third kappa shape index (κ3) is 3.59. The molecule has 0 spiro atoms. The highest BCUT2D eigenvalue weighted by molar-refractivity contribution is 7.80. The molecule has 0 aromatic heterocycles. The fourth-order valence-electron chi connectivity index (χ4n) is 0.0808. The van der Waals surface area contributed by atoms with Crippen molar-refractivity contribution in [1.82, 2.24) is 0 Å². The maximum absolute atomic E-state index is 9.34. The van der Waals surface area contributed by atoms with Crippen LogP contribution in [0.15, 0.2) is 4.99 Å². The van der Waals surface area contributed by atoms with Gasteiger partial charge < -0.3 is 0 Å². The molecule has 0 aromatic carbocycles. The molecule has 2 nitrogen and oxygen atoms in total. The van der Waals surface area contributed by atoms with Gasteiger partial charge in [-0.1, -0.05) is 12.2 Å². The Morgan fingerprint density at radius 1 is 2.00 bits per heavy atom. The Bertz CT molecular complexity index is 118. The molecule has 7 heavy (non-hydrogen) atoms. The van der Waals surface area contributed by atoms with E-state index < -0.39 is 0 Å². The summed E-state index contributed by atoms with van der Waals surface area (Å²) in [6.07, 6.45) is 1.27. The van der Waals surface area contributed by atoms with Gasteiger partial charge in [0.1, 0.15) is 4.99 Å². The first kappa shape index (κ1) is 6.76. The minimum atomic E-state index is 0.116. The fourth-order valence-corrected chi connectivity index (χ4v) is 0.178. The van der Waals surface area contributed by atoms with Gasteiger partial charge in [0.15, 0.2) is 0 Å². The molecule has 0 unspecified atom stereocenters. The average molecular weight is 136 g/mol. The monoisotopic (exact) mass is 135 g/mol. The molecule has 0 heterocycles. The summed E-state index contributed by atoms with van der Waals surface area (Å²) in [6, 6.07) is 0. The van der Waals surface area contributed by atoms with Crippen molar-refractivity contribution in [1.29, 1.82) is 0 Å². The lowest BCUT2D eigenvalue weighted by Gasteiger charge is -1.75. The summed E-state index contributed by atoms with van der Waals surface area (Å²) in [5.74, 6) is 0.116. The van der Waals surface area contributed by atoms with Crippen molar-refractivity contribution in [3.05, 3.63) is 0 Å². The van der Waals surface area contributed by atoms with Crippen molar-refractivity contribution in [2.24, 2.45) is 4.99 Å². The largest absolute Gasteiger partial charge is 0.241 e. The number of thiocarbonyl (C=S) groups is 1. The molecular weight excluding hydrogens is 134 g/mol. The van der Waals surface area contributed by atoms with E-state index in [0.717, 1.165) is 0 Å². The maximum Gasteiger partial charge on any atom is 0.241 e. The summed E-state index contributed by atoms with van der Waals surface area (Å²) >= 11 is 9.51. The van der Waals surface area contributed by atoms with E-state index in [4.69, 9.17) is 11.6 Å². The van der Waals surface area contributed by atoms with E-state index in [1.807, 2.05) is 0 Å². The van der Waals surface area contributed by atoms with Crippen LogP contribution >= 0.6 is 23.8 Å². The van der Waals surface area contributed by atoms with Crippen molar-refractivity contribution in [2.75, 3.05) is 5.88 Å². The number of halogens is 1. The molecule has 0 aliphatic carbocycles. The quantitative estimate of drug-likeness (QED) is 0.231. The standard InChI is InChI=1S/C3H2ClNOS/c4-1-3(7)5-2-6/h1H2. The predicted octanol–water partition coefficient (Wildman–Crippen LogP) is 0.888. The summed E-state index contributed by atoms with van der Waals surface area (Å²) in [5.41, 5.74) is 0. The first-order valence-corrected chi connectivity index (χ1v) is 2.42. The zero-order chi connectivity index (χ0) is 5.70. The minimum Gasteiger partial charge on any atom is -0.211 e. The Balaban J connectivity index is 3.58. The molecule has 0 amide bonds. The molecule has 4 heteroatoms. The van der Waals surface area contributed by atoms with Gasteiger partial charge in [0.05, 0.1) is 5.88 Å². The van der Waals surface area contributed by atoms with Crippen LogP contribution in [-0.4, -0.2) is 16.9 Å². The molecule has 0 radical (unpaired) electrons. The molecule has 0 N–H and O–H groups in total. The summed E-state index contributed by atoms with van der Waals surface area (Å²) in [6.45, 7) is 0. The molecule has 0 aliphatic rings. The van der Waals surface area contributed by atoms with E-state index in [0.29, 0.717) is 0 Å². The van der Waals surface area contributed by atoms with Crippen molar-refractivity contribution in [3.8, 4) is 0 Å². The van der Waals surface area contributed by atoms with Crippen molar-refractivity contribution < 1.29 is 4.79 Å². The summed E-state index contributed by atoms with van der Waals surface area (Å²) in [4.78, 5) is 12.6. The SMILES string of the molecule is O=C=NC(=S)CCl. The number of hydrogen-bond acceptors (Lipinski definition) is 2. The van der Waals surface area contributed by atoms with Crippen LogP contribution in [0.1, 0.15) is 0 Å². The second-order valence-corrected chi connectivity index (χ2v) is 1.47. The molecule has 0 saturated heterocycles. The van der Waals surface area contributed by atoms with E-state index in [2.05, 4.69) is 17.2 Å². The molecule has 38 valence electrons. The molecule has 0 rings (SSSR count). The number of carbonyl (C=O) groups excluding carboxylic acids is 1. The summed E-state index contributed by atoms with van der Waals surface area (Å²) in [7, 11) is 0. The number of hydrogen-bond donors (Lipinski definition) is 0. The van der Waals surface area contributed by atoms with E-state index >= 15 is 0 Å². The van der Waals surface area contributed by atoms with Crippen LogP contribution in [0.4, 0.5) is 0 Å². The first-order valence-electron chi connectivity index (χ1n) is 1.48. The Morgan fingerprint density at radius 2 is 2.57 bits per heavy atom. The van der Waals surface area contributed by atoms with Crippen LogP contribution in [0.2, 0.25) is 0 Å². The van der Waals surface area contributed by atoms with Crippen molar-refractivity contribution in [3.63, 3.8) is 0 Å². The number of nitrogens with zero attached hydrogens (tertiary/aromatic N) is 1. The van der Waals surface area contributed by atoms with Gasteiger partial charge in [0, 0.05) is 0 Å². The van der Waals surface area contributed by atoms with E-state index in [9.17, 15) is 4.79 Å². The molecule has 0 bridgehead atoms.